The van der Waals surface area contributed by atoms with Crippen LogP contribution in [0.2, 0.25) is 0 Å². The summed E-state index contributed by atoms with van der Waals surface area (Å²) in [6.45, 7) is 5.42. The van der Waals surface area contributed by atoms with Gasteiger partial charge in [-0.3, -0.25) is 5.32 Å². The number of hydrogen-bond acceptors (Lipinski definition) is 5. The monoisotopic (exact) mass is 241 g/mol. The smallest absolute Gasteiger partial charge is 0.413 e. The van der Waals surface area contributed by atoms with Crippen molar-refractivity contribution in [1.29, 1.82) is 0 Å². The number of carbonyl (C=O) groups excluding carboxylic acids is 1. The summed E-state index contributed by atoms with van der Waals surface area (Å²) in [7, 11) is 0. The minimum Gasteiger partial charge on any atom is -0.444 e. The van der Waals surface area contributed by atoms with Crippen molar-refractivity contribution in [2.45, 2.75) is 31.5 Å². The topological polar surface area (TPSA) is 64.1 Å². The summed E-state index contributed by atoms with van der Waals surface area (Å²) in [4.78, 5) is 19.5. The van der Waals surface area contributed by atoms with E-state index in [2.05, 4.69) is 15.3 Å². The molecule has 1 aromatic heterocycles. The molecule has 0 aliphatic carbocycles. The molecule has 0 bridgehead atoms. The fraction of sp³-hybridized carbons (Fsp3) is 0.500. The van der Waals surface area contributed by atoms with Crippen LogP contribution in [-0.2, 0) is 4.74 Å². The molecule has 5 nitrogen and oxygen atoms in total. The van der Waals surface area contributed by atoms with Crippen molar-refractivity contribution in [3.63, 3.8) is 0 Å². The van der Waals surface area contributed by atoms with Crippen LogP contribution in [0, 0.1) is 0 Å². The van der Waals surface area contributed by atoms with E-state index in [4.69, 9.17) is 4.74 Å². The third-order valence-electron chi connectivity index (χ3n) is 1.45. The van der Waals surface area contributed by atoms with E-state index in [1.165, 1.54) is 11.8 Å². The number of nitrogens with zero attached hydrogens (tertiary/aromatic N) is 2. The second-order valence-corrected chi connectivity index (χ2v) is 4.83. The molecule has 1 N–H and O–H groups in total. The fourth-order valence-corrected chi connectivity index (χ4v) is 1.27. The Kier molecular flexibility index (Phi) is 4.12. The van der Waals surface area contributed by atoms with E-state index in [-0.39, 0.29) is 0 Å². The molecule has 0 aromatic carbocycles. The Morgan fingerprint density at radius 3 is 2.75 bits per heavy atom. The molecule has 1 rings (SSSR count). The summed E-state index contributed by atoms with van der Waals surface area (Å²) in [6.07, 6.45) is 2.94. The molecule has 0 saturated carbocycles. The number of nitrogens with one attached hydrogen (secondary N) is 1. The van der Waals surface area contributed by atoms with E-state index < -0.39 is 11.7 Å². The average Bonchev–Trinajstić information content (AvgIpc) is 2.15. The van der Waals surface area contributed by atoms with Crippen LogP contribution in [0.1, 0.15) is 20.8 Å². The second kappa shape index (κ2) is 5.16. The van der Waals surface area contributed by atoms with Crippen molar-refractivity contribution in [1.82, 2.24) is 9.97 Å². The molecule has 0 spiro atoms. The molecule has 0 aliphatic rings. The minimum atomic E-state index is -0.516. The first-order valence-electron chi connectivity index (χ1n) is 4.78. The molecular weight excluding hydrogens is 226 g/mol. The predicted molar refractivity (Wildman–Crippen MR) is 63.7 cm³/mol. The van der Waals surface area contributed by atoms with Gasteiger partial charge < -0.3 is 4.74 Å². The van der Waals surface area contributed by atoms with Crippen molar-refractivity contribution in [2.24, 2.45) is 0 Å². The van der Waals surface area contributed by atoms with Gasteiger partial charge in [0.2, 0.25) is 0 Å². The summed E-state index contributed by atoms with van der Waals surface area (Å²) < 4.78 is 5.10. The van der Waals surface area contributed by atoms with Crippen LogP contribution in [0.5, 0.6) is 0 Å². The fourth-order valence-electron chi connectivity index (χ4n) is 0.917. The van der Waals surface area contributed by atoms with E-state index in [9.17, 15) is 4.79 Å². The first-order chi connectivity index (χ1) is 7.40. The molecule has 1 heterocycles. The highest BCUT2D eigenvalue weighted by atomic mass is 32.2. The quantitative estimate of drug-likeness (QED) is 0.636. The molecule has 0 saturated heterocycles. The van der Waals surface area contributed by atoms with Crippen LogP contribution >= 0.6 is 11.8 Å². The summed E-state index contributed by atoms with van der Waals surface area (Å²) >= 11 is 1.41. The van der Waals surface area contributed by atoms with Crippen molar-refractivity contribution in [3.05, 3.63) is 12.3 Å². The van der Waals surface area contributed by atoms with Gasteiger partial charge in [-0.1, -0.05) is 11.8 Å². The highest BCUT2D eigenvalue weighted by molar-refractivity contribution is 7.98. The van der Waals surface area contributed by atoms with Crippen LogP contribution in [0.3, 0.4) is 0 Å². The van der Waals surface area contributed by atoms with Gasteiger partial charge in [-0.15, -0.1) is 0 Å². The third-order valence-corrected chi connectivity index (χ3v) is 2.01. The minimum absolute atomic E-state index is 0.439. The Balaban J connectivity index is 2.62. The molecule has 0 radical (unpaired) electrons. The maximum Gasteiger partial charge on any atom is 0.413 e. The van der Waals surface area contributed by atoms with Crippen molar-refractivity contribution >= 4 is 23.7 Å². The number of ether oxygens (including phenoxy) is 1. The maximum absolute atomic E-state index is 11.4. The van der Waals surface area contributed by atoms with Crippen molar-refractivity contribution in [2.75, 3.05) is 11.6 Å². The lowest BCUT2D eigenvalue weighted by molar-refractivity contribution is 0.0635. The van der Waals surface area contributed by atoms with E-state index in [1.807, 2.05) is 6.26 Å². The number of carbonyl (C=O) groups is 1. The zero-order chi connectivity index (χ0) is 12.2. The molecule has 0 unspecified atom stereocenters. The Labute approximate surface area is 99.0 Å². The van der Waals surface area contributed by atoms with Gasteiger partial charge in [0, 0.05) is 6.20 Å². The van der Waals surface area contributed by atoms with Crippen molar-refractivity contribution < 1.29 is 9.53 Å². The normalized spacial score (nSPS) is 11.0. The molecule has 1 amide bonds. The lowest BCUT2D eigenvalue weighted by Gasteiger charge is -2.19. The summed E-state index contributed by atoms with van der Waals surface area (Å²) in [5.74, 6) is 0.439. The number of anilines is 1. The van der Waals surface area contributed by atoms with Gasteiger partial charge in [0.1, 0.15) is 11.4 Å². The van der Waals surface area contributed by atoms with Crippen LogP contribution in [-0.4, -0.2) is 27.9 Å². The summed E-state index contributed by atoms with van der Waals surface area (Å²) in [6, 6.07) is 1.61. The Hall–Kier alpha value is -1.30. The van der Waals surface area contributed by atoms with Crippen molar-refractivity contribution in [3.8, 4) is 0 Å². The van der Waals surface area contributed by atoms with Gasteiger partial charge in [0.25, 0.3) is 0 Å². The Morgan fingerprint density at radius 1 is 1.50 bits per heavy atom. The van der Waals surface area contributed by atoms with Crippen LogP contribution in [0.25, 0.3) is 0 Å². The number of thioether (sulfide) groups is 1. The third kappa shape index (κ3) is 4.48. The van der Waals surface area contributed by atoms with Crippen LogP contribution in [0.4, 0.5) is 10.6 Å². The van der Waals surface area contributed by atoms with Gasteiger partial charge in [-0.25, -0.2) is 14.8 Å². The van der Waals surface area contributed by atoms with Gasteiger partial charge >= 0.3 is 6.09 Å². The second-order valence-electron chi connectivity index (χ2n) is 4.06. The standard InChI is InChI=1S/C10H15N3O2S/c1-10(2,3)15-9(14)13-7-5-6-11-8(12-7)16-4/h5-6H,1-4H3,(H,11,12,13,14). The summed E-state index contributed by atoms with van der Waals surface area (Å²) in [5, 5.41) is 3.15. The van der Waals surface area contributed by atoms with Gasteiger partial charge in [0.15, 0.2) is 5.16 Å². The maximum atomic E-state index is 11.4. The zero-order valence-corrected chi connectivity index (χ0v) is 10.6. The molecule has 6 heteroatoms. The molecule has 0 atom stereocenters. The number of hydrogen-bond donors (Lipinski definition) is 1. The zero-order valence-electron chi connectivity index (χ0n) is 9.77. The number of aromatic nitrogens is 2. The Bertz CT molecular complexity index is 377. The van der Waals surface area contributed by atoms with E-state index >= 15 is 0 Å². The molecule has 1 aromatic rings. The first-order valence-corrected chi connectivity index (χ1v) is 6.00. The number of amides is 1. The highest BCUT2D eigenvalue weighted by Crippen LogP contribution is 2.12. The Morgan fingerprint density at radius 2 is 2.19 bits per heavy atom. The molecule has 16 heavy (non-hydrogen) atoms. The number of rotatable bonds is 2. The lowest BCUT2D eigenvalue weighted by atomic mass is 10.2. The summed E-state index contributed by atoms with van der Waals surface area (Å²) in [5.41, 5.74) is -0.514. The van der Waals surface area contributed by atoms with E-state index in [0.29, 0.717) is 11.0 Å². The molecule has 0 aliphatic heterocycles. The van der Waals surface area contributed by atoms with Gasteiger partial charge in [-0.2, -0.15) is 0 Å². The van der Waals surface area contributed by atoms with E-state index in [0.717, 1.165) is 0 Å². The molecular formula is C10H15N3O2S. The highest BCUT2D eigenvalue weighted by Gasteiger charge is 2.16. The van der Waals surface area contributed by atoms with Gasteiger partial charge in [0.05, 0.1) is 0 Å². The molecule has 0 fully saturated rings. The average molecular weight is 241 g/mol. The molecule has 88 valence electrons. The van der Waals surface area contributed by atoms with Crippen LogP contribution in [0.15, 0.2) is 17.4 Å². The van der Waals surface area contributed by atoms with Gasteiger partial charge in [-0.05, 0) is 33.1 Å². The SMILES string of the molecule is CSc1nccc(NC(=O)OC(C)(C)C)n1. The first kappa shape index (κ1) is 12.8. The predicted octanol–water partition coefficient (Wildman–Crippen LogP) is 2.55. The van der Waals surface area contributed by atoms with Crippen LogP contribution < -0.4 is 5.32 Å². The largest absolute Gasteiger partial charge is 0.444 e. The van der Waals surface area contributed by atoms with E-state index in [1.54, 1.807) is 33.0 Å². The lowest BCUT2D eigenvalue weighted by Crippen LogP contribution is -2.27.